The number of benzene rings is 1. The SMILES string of the molecule is CCn1c(CN2C[C@@H](NC(C)=O)CC23CCN(C(C)=O)CC3)nc2ccccc21. The smallest absolute Gasteiger partial charge is 0.219 e. The van der Waals surface area contributed by atoms with Crippen LogP contribution in [-0.4, -0.2) is 62.4 Å². The van der Waals surface area contributed by atoms with E-state index in [1.165, 1.54) is 5.52 Å². The van der Waals surface area contributed by atoms with Gasteiger partial charge in [-0.05, 0) is 38.3 Å². The highest BCUT2D eigenvalue weighted by molar-refractivity contribution is 5.76. The molecular formula is C22H31N5O2. The van der Waals surface area contributed by atoms with Gasteiger partial charge in [0.2, 0.25) is 11.8 Å². The summed E-state index contributed by atoms with van der Waals surface area (Å²) in [7, 11) is 0. The number of carbonyl (C=O) groups excluding carboxylic acids is 2. The van der Waals surface area contributed by atoms with Gasteiger partial charge in [0.25, 0.3) is 0 Å². The molecule has 2 aromatic rings. The number of piperidine rings is 1. The molecule has 2 saturated heterocycles. The van der Waals surface area contributed by atoms with Crippen molar-refractivity contribution in [2.24, 2.45) is 0 Å². The Morgan fingerprint density at radius 3 is 2.59 bits per heavy atom. The van der Waals surface area contributed by atoms with Crippen LogP contribution in [0.4, 0.5) is 0 Å². The van der Waals surface area contributed by atoms with Gasteiger partial charge in [0.05, 0.1) is 17.6 Å². The minimum Gasteiger partial charge on any atom is -0.352 e. The summed E-state index contributed by atoms with van der Waals surface area (Å²) in [5, 5.41) is 3.13. The Hall–Kier alpha value is -2.41. The number of hydrogen-bond donors (Lipinski definition) is 1. The number of aryl methyl sites for hydroxylation is 1. The molecule has 1 aromatic carbocycles. The van der Waals surface area contributed by atoms with E-state index in [1.807, 2.05) is 11.0 Å². The van der Waals surface area contributed by atoms with Crippen LogP contribution in [0.1, 0.15) is 45.9 Å². The molecule has 2 fully saturated rings. The largest absolute Gasteiger partial charge is 0.352 e. The number of nitrogens with one attached hydrogen (secondary N) is 1. The molecule has 2 aliphatic heterocycles. The number of nitrogens with zero attached hydrogens (tertiary/aromatic N) is 4. The Kier molecular flexibility index (Phi) is 5.34. The third-order valence-corrected chi connectivity index (χ3v) is 6.67. The molecule has 1 N–H and O–H groups in total. The molecule has 0 aliphatic carbocycles. The number of amides is 2. The Morgan fingerprint density at radius 1 is 1.21 bits per heavy atom. The summed E-state index contributed by atoms with van der Waals surface area (Å²) in [5.41, 5.74) is 2.21. The van der Waals surface area contributed by atoms with Crippen LogP contribution in [-0.2, 0) is 22.7 Å². The lowest BCUT2D eigenvalue weighted by Crippen LogP contribution is -2.52. The van der Waals surface area contributed by atoms with Gasteiger partial charge in [0.15, 0.2) is 0 Å². The summed E-state index contributed by atoms with van der Waals surface area (Å²) in [6.07, 6.45) is 2.81. The summed E-state index contributed by atoms with van der Waals surface area (Å²) in [6, 6.07) is 8.43. The second-order valence-electron chi connectivity index (χ2n) is 8.47. The van der Waals surface area contributed by atoms with Gasteiger partial charge in [0, 0.05) is 51.6 Å². The lowest BCUT2D eigenvalue weighted by Gasteiger charge is -2.44. The van der Waals surface area contributed by atoms with Crippen molar-refractivity contribution in [1.29, 1.82) is 0 Å². The van der Waals surface area contributed by atoms with Crippen LogP contribution >= 0.6 is 0 Å². The van der Waals surface area contributed by atoms with E-state index in [0.717, 1.165) is 63.3 Å². The number of fused-ring (bicyclic) bond motifs is 1. The van der Waals surface area contributed by atoms with Gasteiger partial charge in [-0.2, -0.15) is 0 Å². The molecule has 2 amide bonds. The van der Waals surface area contributed by atoms with Crippen molar-refractivity contribution in [3.8, 4) is 0 Å². The summed E-state index contributed by atoms with van der Waals surface area (Å²) < 4.78 is 2.29. The van der Waals surface area contributed by atoms with E-state index in [2.05, 4.69) is 39.9 Å². The van der Waals surface area contributed by atoms with Crippen LogP contribution < -0.4 is 5.32 Å². The van der Waals surface area contributed by atoms with E-state index in [9.17, 15) is 9.59 Å². The van der Waals surface area contributed by atoms with Crippen molar-refractivity contribution < 1.29 is 9.59 Å². The van der Waals surface area contributed by atoms with Crippen LogP contribution in [0.15, 0.2) is 24.3 Å². The monoisotopic (exact) mass is 397 g/mol. The fourth-order valence-corrected chi connectivity index (χ4v) is 5.26. The maximum Gasteiger partial charge on any atom is 0.219 e. The summed E-state index contributed by atoms with van der Waals surface area (Å²) >= 11 is 0. The first kappa shape index (κ1) is 19.9. The minimum absolute atomic E-state index is 0.00970. The van der Waals surface area contributed by atoms with Gasteiger partial charge in [-0.3, -0.25) is 14.5 Å². The zero-order chi connectivity index (χ0) is 20.6. The number of aromatic nitrogens is 2. The van der Waals surface area contributed by atoms with Crippen LogP contribution in [0.5, 0.6) is 0 Å². The zero-order valence-electron chi connectivity index (χ0n) is 17.6. The fourth-order valence-electron chi connectivity index (χ4n) is 5.26. The van der Waals surface area contributed by atoms with Crippen molar-refractivity contribution in [1.82, 2.24) is 24.7 Å². The number of likely N-dealkylation sites (tertiary alicyclic amines) is 2. The molecule has 156 valence electrons. The van der Waals surface area contributed by atoms with E-state index in [4.69, 9.17) is 4.98 Å². The van der Waals surface area contributed by atoms with Crippen LogP contribution in [0.2, 0.25) is 0 Å². The minimum atomic E-state index is 0.00970. The van der Waals surface area contributed by atoms with Crippen molar-refractivity contribution in [3.63, 3.8) is 0 Å². The lowest BCUT2D eigenvalue weighted by atomic mass is 9.84. The summed E-state index contributed by atoms with van der Waals surface area (Å²) in [4.78, 5) is 32.9. The average Bonchev–Trinajstić information content (AvgIpc) is 3.19. The molecule has 1 aromatic heterocycles. The molecule has 1 spiro atoms. The average molecular weight is 398 g/mol. The van der Waals surface area contributed by atoms with Gasteiger partial charge in [-0.1, -0.05) is 12.1 Å². The molecule has 2 aliphatic rings. The molecule has 7 nitrogen and oxygen atoms in total. The van der Waals surface area contributed by atoms with Crippen molar-refractivity contribution in [3.05, 3.63) is 30.1 Å². The second-order valence-corrected chi connectivity index (χ2v) is 8.47. The normalized spacial score (nSPS) is 21.8. The second kappa shape index (κ2) is 7.78. The van der Waals surface area contributed by atoms with Crippen molar-refractivity contribution in [2.45, 2.75) is 64.7 Å². The first-order valence-corrected chi connectivity index (χ1v) is 10.6. The Labute approximate surface area is 172 Å². The standard InChI is InChI=1S/C22H31N5O2/c1-4-27-20-8-6-5-7-19(20)24-21(27)15-26-14-18(23-16(2)28)13-22(26)9-11-25(12-10-22)17(3)29/h5-8,18H,4,9-15H2,1-3H3,(H,23,28)/t18-/m0/s1. The predicted octanol–water partition coefficient (Wildman–Crippen LogP) is 2.15. The molecule has 0 bridgehead atoms. The third-order valence-electron chi connectivity index (χ3n) is 6.67. The summed E-state index contributed by atoms with van der Waals surface area (Å²) in [5.74, 6) is 1.25. The van der Waals surface area contributed by atoms with E-state index in [-0.39, 0.29) is 23.4 Å². The highest BCUT2D eigenvalue weighted by Crippen LogP contribution is 2.39. The highest BCUT2D eigenvalue weighted by Gasteiger charge is 2.47. The van der Waals surface area contributed by atoms with E-state index < -0.39 is 0 Å². The van der Waals surface area contributed by atoms with Crippen molar-refractivity contribution in [2.75, 3.05) is 19.6 Å². The van der Waals surface area contributed by atoms with Crippen LogP contribution in [0, 0.1) is 0 Å². The first-order valence-electron chi connectivity index (χ1n) is 10.6. The van der Waals surface area contributed by atoms with Gasteiger partial charge in [-0.15, -0.1) is 0 Å². The van der Waals surface area contributed by atoms with E-state index >= 15 is 0 Å². The highest BCUT2D eigenvalue weighted by atomic mass is 16.2. The zero-order valence-corrected chi connectivity index (χ0v) is 17.6. The summed E-state index contributed by atoms with van der Waals surface area (Å²) in [6.45, 7) is 9.42. The Morgan fingerprint density at radius 2 is 1.93 bits per heavy atom. The topological polar surface area (TPSA) is 70.5 Å². The number of rotatable bonds is 4. The van der Waals surface area contributed by atoms with E-state index in [1.54, 1.807) is 13.8 Å². The molecule has 4 rings (SSSR count). The molecule has 3 heterocycles. The van der Waals surface area contributed by atoms with Gasteiger partial charge in [-0.25, -0.2) is 4.98 Å². The quantitative estimate of drug-likeness (QED) is 0.858. The number of carbonyl (C=O) groups is 2. The number of imidazole rings is 1. The molecule has 0 unspecified atom stereocenters. The third kappa shape index (κ3) is 3.75. The molecule has 29 heavy (non-hydrogen) atoms. The molecule has 1 atom stereocenters. The number of hydrogen-bond acceptors (Lipinski definition) is 4. The van der Waals surface area contributed by atoms with Gasteiger partial charge in [0.1, 0.15) is 5.82 Å². The van der Waals surface area contributed by atoms with Crippen LogP contribution in [0.3, 0.4) is 0 Å². The Bertz CT molecular complexity index is 913. The van der Waals surface area contributed by atoms with Crippen molar-refractivity contribution >= 4 is 22.8 Å². The van der Waals surface area contributed by atoms with Gasteiger partial charge >= 0.3 is 0 Å². The molecule has 0 radical (unpaired) electrons. The first-order chi connectivity index (χ1) is 13.9. The predicted molar refractivity (Wildman–Crippen MR) is 112 cm³/mol. The van der Waals surface area contributed by atoms with Crippen LogP contribution in [0.25, 0.3) is 11.0 Å². The fraction of sp³-hybridized carbons (Fsp3) is 0.591. The maximum atomic E-state index is 11.8. The number of para-hydroxylation sites is 2. The maximum absolute atomic E-state index is 11.8. The lowest BCUT2D eigenvalue weighted by molar-refractivity contribution is -0.131. The molecular weight excluding hydrogens is 366 g/mol. The Balaban J connectivity index is 1.61. The van der Waals surface area contributed by atoms with Gasteiger partial charge < -0.3 is 14.8 Å². The van der Waals surface area contributed by atoms with E-state index in [0.29, 0.717) is 0 Å². The molecule has 7 heteroatoms. The molecule has 0 saturated carbocycles.